The summed E-state index contributed by atoms with van der Waals surface area (Å²) < 4.78 is 10.8. The van der Waals surface area contributed by atoms with Crippen molar-refractivity contribution in [2.45, 2.75) is 13.0 Å². The Morgan fingerprint density at radius 3 is 2.39 bits per heavy atom. The van der Waals surface area contributed by atoms with Gasteiger partial charge in [0.2, 0.25) is 5.91 Å². The molecule has 1 aromatic heterocycles. The fourth-order valence-electron chi connectivity index (χ4n) is 2.51. The minimum Gasteiger partial charge on any atom is -0.496 e. The summed E-state index contributed by atoms with van der Waals surface area (Å²) in [5, 5.41) is 14.0. The molecule has 1 amide bonds. The zero-order chi connectivity index (χ0) is 19.6. The van der Waals surface area contributed by atoms with E-state index in [1.165, 1.54) is 0 Å². The summed E-state index contributed by atoms with van der Waals surface area (Å²) >= 11 is 0. The maximum atomic E-state index is 12.0. The third-order valence-corrected chi connectivity index (χ3v) is 3.93. The van der Waals surface area contributed by atoms with E-state index in [1.807, 2.05) is 54.6 Å². The molecule has 0 spiro atoms. The summed E-state index contributed by atoms with van der Waals surface area (Å²) in [4.78, 5) is 12.0. The Kier molecular flexibility index (Phi) is 6.78. The molecule has 0 aliphatic carbocycles. The number of carbonyl (C=O) groups excluding carboxylic acids is 1. The maximum Gasteiger partial charge on any atom is 0.229 e. The van der Waals surface area contributed by atoms with E-state index in [1.54, 1.807) is 19.2 Å². The van der Waals surface area contributed by atoms with Gasteiger partial charge in [0.05, 0.1) is 20.1 Å². The van der Waals surface area contributed by atoms with Crippen molar-refractivity contribution in [2.75, 3.05) is 24.4 Å². The molecule has 1 heterocycles. The molecule has 3 aromatic rings. The predicted molar refractivity (Wildman–Crippen MR) is 108 cm³/mol. The van der Waals surface area contributed by atoms with Crippen molar-refractivity contribution in [2.24, 2.45) is 0 Å². The van der Waals surface area contributed by atoms with Gasteiger partial charge in [-0.25, -0.2) is 0 Å². The third kappa shape index (κ3) is 5.70. The number of methoxy groups -OCH3 is 1. The van der Waals surface area contributed by atoms with Gasteiger partial charge in [-0.05, 0) is 30.3 Å². The van der Waals surface area contributed by atoms with Gasteiger partial charge in [0.15, 0.2) is 5.82 Å². The molecule has 144 valence electrons. The van der Waals surface area contributed by atoms with Gasteiger partial charge < -0.3 is 20.1 Å². The summed E-state index contributed by atoms with van der Waals surface area (Å²) in [6, 6.07) is 20.6. The Morgan fingerprint density at radius 1 is 0.929 bits per heavy atom. The molecule has 0 unspecified atom stereocenters. The maximum absolute atomic E-state index is 12.0. The van der Waals surface area contributed by atoms with E-state index >= 15 is 0 Å². The van der Waals surface area contributed by atoms with Crippen molar-refractivity contribution < 1.29 is 14.3 Å². The van der Waals surface area contributed by atoms with Crippen molar-refractivity contribution in [3.05, 3.63) is 72.3 Å². The molecule has 0 saturated heterocycles. The van der Waals surface area contributed by atoms with Crippen molar-refractivity contribution in [1.82, 2.24) is 10.2 Å². The van der Waals surface area contributed by atoms with Crippen LogP contribution in [0.4, 0.5) is 11.6 Å². The zero-order valence-electron chi connectivity index (χ0n) is 15.6. The average Bonchev–Trinajstić information content (AvgIpc) is 2.74. The Labute approximate surface area is 163 Å². The van der Waals surface area contributed by atoms with Crippen LogP contribution in [0.15, 0.2) is 66.7 Å². The molecular formula is C21H22N4O3. The minimum atomic E-state index is -0.181. The molecule has 2 aromatic carbocycles. The smallest absolute Gasteiger partial charge is 0.229 e. The number of hydrogen-bond acceptors (Lipinski definition) is 6. The number of rotatable bonds is 9. The lowest BCUT2D eigenvalue weighted by molar-refractivity contribution is -0.116. The highest BCUT2D eigenvalue weighted by Crippen LogP contribution is 2.18. The third-order valence-electron chi connectivity index (χ3n) is 3.93. The van der Waals surface area contributed by atoms with Gasteiger partial charge in [-0.2, -0.15) is 0 Å². The van der Waals surface area contributed by atoms with E-state index < -0.39 is 0 Å². The highest BCUT2D eigenvalue weighted by Gasteiger charge is 2.06. The van der Waals surface area contributed by atoms with E-state index in [2.05, 4.69) is 20.8 Å². The van der Waals surface area contributed by atoms with E-state index in [-0.39, 0.29) is 12.3 Å². The monoisotopic (exact) mass is 378 g/mol. The van der Waals surface area contributed by atoms with Crippen LogP contribution in [0, 0.1) is 0 Å². The Balaban J connectivity index is 1.44. The number of aromatic nitrogens is 2. The second-order valence-electron chi connectivity index (χ2n) is 5.93. The molecule has 0 fully saturated rings. The topological polar surface area (TPSA) is 85.4 Å². The summed E-state index contributed by atoms with van der Waals surface area (Å²) in [7, 11) is 1.64. The summed E-state index contributed by atoms with van der Waals surface area (Å²) in [5.41, 5.74) is 1.02. The molecule has 3 rings (SSSR count). The first-order valence-corrected chi connectivity index (χ1v) is 8.92. The van der Waals surface area contributed by atoms with Gasteiger partial charge >= 0.3 is 0 Å². The standard InChI is InChI=1S/C21H22N4O3/c1-27-18-10-6-5-7-16(18)15-22-19-11-12-20(25-24-19)23-21(26)13-14-28-17-8-3-2-4-9-17/h2-12H,13-15H2,1H3,(H,22,24)(H,23,25,26). The lowest BCUT2D eigenvalue weighted by atomic mass is 10.2. The molecule has 0 radical (unpaired) electrons. The van der Waals surface area contributed by atoms with E-state index in [4.69, 9.17) is 9.47 Å². The Bertz CT molecular complexity index is 886. The number of ether oxygens (including phenoxy) is 2. The summed E-state index contributed by atoms with van der Waals surface area (Å²) in [6.07, 6.45) is 0.227. The van der Waals surface area contributed by atoms with Crippen LogP contribution in [0.3, 0.4) is 0 Å². The largest absolute Gasteiger partial charge is 0.496 e. The van der Waals surface area contributed by atoms with E-state index in [0.717, 1.165) is 17.1 Å². The van der Waals surface area contributed by atoms with Gasteiger partial charge in [0, 0.05) is 12.1 Å². The van der Waals surface area contributed by atoms with Crippen molar-refractivity contribution >= 4 is 17.5 Å². The van der Waals surface area contributed by atoms with Crippen LogP contribution in [0.5, 0.6) is 11.5 Å². The first-order valence-electron chi connectivity index (χ1n) is 8.92. The number of nitrogens with zero attached hydrogens (tertiary/aromatic N) is 2. The van der Waals surface area contributed by atoms with Crippen molar-refractivity contribution in [1.29, 1.82) is 0 Å². The van der Waals surface area contributed by atoms with Crippen LogP contribution in [0.25, 0.3) is 0 Å². The van der Waals surface area contributed by atoms with Crippen LogP contribution < -0.4 is 20.1 Å². The van der Waals surface area contributed by atoms with E-state index in [0.29, 0.717) is 24.8 Å². The van der Waals surface area contributed by atoms with Crippen LogP contribution in [0.1, 0.15) is 12.0 Å². The minimum absolute atomic E-state index is 0.181. The molecule has 0 aliphatic rings. The number of carbonyl (C=O) groups is 1. The van der Waals surface area contributed by atoms with Crippen molar-refractivity contribution in [3.63, 3.8) is 0 Å². The SMILES string of the molecule is COc1ccccc1CNc1ccc(NC(=O)CCOc2ccccc2)nn1. The molecule has 28 heavy (non-hydrogen) atoms. The molecular weight excluding hydrogens is 356 g/mol. The summed E-state index contributed by atoms with van der Waals surface area (Å²) in [6.45, 7) is 0.850. The van der Waals surface area contributed by atoms with Crippen LogP contribution >= 0.6 is 0 Å². The molecule has 7 nitrogen and oxygen atoms in total. The highest BCUT2D eigenvalue weighted by atomic mass is 16.5. The fourth-order valence-corrected chi connectivity index (χ4v) is 2.51. The number of para-hydroxylation sites is 2. The molecule has 0 saturated carbocycles. The van der Waals surface area contributed by atoms with Gasteiger partial charge in [0.25, 0.3) is 0 Å². The van der Waals surface area contributed by atoms with E-state index in [9.17, 15) is 4.79 Å². The second-order valence-corrected chi connectivity index (χ2v) is 5.93. The molecule has 0 bridgehead atoms. The number of amides is 1. The normalized spacial score (nSPS) is 10.2. The molecule has 7 heteroatoms. The Morgan fingerprint density at radius 2 is 1.64 bits per heavy atom. The number of benzene rings is 2. The first kappa shape index (κ1) is 19.2. The molecule has 2 N–H and O–H groups in total. The van der Waals surface area contributed by atoms with Gasteiger partial charge in [-0.15, -0.1) is 10.2 Å². The molecule has 0 aliphatic heterocycles. The highest BCUT2D eigenvalue weighted by molar-refractivity contribution is 5.89. The quantitative estimate of drug-likeness (QED) is 0.593. The first-order chi connectivity index (χ1) is 13.7. The van der Waals surface area contributed by atoms with Gasteiger partial charge in [-0.1, -0.05) is 36.4 Å². The van der Waals surface area contributed by atoms with Crippen LogP contribution in [-0.4, -0.2) is 29.8 Å². The lowest BCUT2D eigenvalue weighted by Crippen LogP contribution is -2.16. The zero-order valence-corrected chi connectivity index (χ0v) is 15.6. The van der Waals surface area contributed by atoms with Gasteiger partial charge in [0.1, 0.15) is 17.3 Å². The lowest BCUT2D eigenvalue weighted by Gasteiger charge is -2.10. The summed E-state index contributed by atoms with van der Waals surface area (Å²) in [5.74, 6) is 2.37. The number of anilines is 2. The molecule has 0 atom stereocenters. The van der Waals surface area contributed by atoms with Crippen LogP contribution in [0.2, 0.25) is 0 Å². The van der Waals surface area contributed by atoms with Crippen molar-refractivity contribution in [3.8, 4) is 11.5 Å². The van der Waals surface area contributed by atoms with Gasteiger partial charge in [-0.3, -0.25) is 4.79 Å². The predicted octanol–water partition coefficient (Wildman–Crippen LogP) is 3.50. The fraction of sp³-hybridized carbons (Fsp3) is 0.190. The number of nitrogens with one attached hydrogen (secondary N) is 2. The number of hydrogen-bond donors (Lipinski definition) is 2. The average molecular weight is 378 g/mol. The second kappa shape index (κ2) is 9.91. The Hall–Kier alpha value is -3.61. The van der Waals surface area contributed by atoms with Crippen LogP contribution in [-0.2, 0) is 11.3 Å².